The van der Waals surface area contributed by atoms with Gasteiger partial charge in [0.1, 0.15) is 0 Å². The molecule has 0 saturated carbocycles. The molecule has 0 radical (unpaired) electrons. The Hall–Kier alpha value is -0.250. The van der Waals surface area contributed by atoms with Crippen molar-refractivity contribution >= 4 is 45.8 Å². The molecule has 0 aliphatic heterocycles. The zero-order chi connectivity index (χ0) is 11.5. The van der Waals surface area contributed by atoms with E-state index in [2.05, 4.69) is 22.6 Å². The number of rotatable bonds is 2. The molecule has 82 valence electrons. The second kappa shape index (κ2) is 5.39. The van der Waals surface area contributed by atoms with Crippen molar-refractivity contribution in [3.8, 4) is 0 Å². The highest BCUT2D eigenvalue weighted by atomic mass is 127. The summed E-state index contributed by atoms with van der Waals surface area (Å²) in [6.07, 6.45) is 0. The second-order valence-electron chi connectivity index (χ2n) is 3.45. The summed E-state index contributed by atoms with van der Waals surface area (Å²) in [6, 6.07) is 15.9. The molecule has 0 fully saturated rings. The molecule has 0 bridgehead atoms. The minimum Gasteiger partial charge on any atom is -0.113 e. The molecule has 2 aromatic rings. The Balaban J connectivity index is 2.34. The van der Waals surface area contributed by atoms with Gasteiger partial charge in [-0.1, -0.05) is 48.0 Å². The molecule has 1 atom stereocenters. The van der Waals surface area contributed by atoms with Crippen molar-refractivity contribution in [1.29, 1.82) is 0 Å². The molecule has 0 aliphatic carbocycles. The molecule has 2 rings (SSSR count). The van der Waals surface area contributed by atoms with Crippen LogP contribution in [0.5, 0.6) is 0 Å². The van der Waals surface area contributed by atoms with Crippen LogP contribution < -0.4 is 0 Å². The van der Waals surface area contributed by atoms with Crippen molar-refractivity contribution < 1.29 is 0 Å². The Bertz CT molecular complexity index is 483. The molecule has 1 unspecified atom stereocenters. The van der Waals surface area contributed by atoms with Crippen LogP contribution in [0.4, 0.5) is 0 Å². The van der Waals surface area contributed by atoms with Crippen molar-refractivity contribution in [2.45, 2.75) is 5.38 Å². The van der Waals surface area contributed by atoms with Crippen molar-refractivity contribution in [3.05, 3.63) is 68.3 Å². The predicted octanol–water partition coefficient (Wildman–Crippen LogP) is 5.27. The van der Waals surface area contributed by atoms with E-state index in [1.165, 1.54) is 0 Å². The first-order chi connectivity index (χ1) is 7.68. The molecule has 0 heterocycles. The summed E-state index contributed by atoms with van der Waals surface area (Å²) in [5, 5.41) is 0.607. The maximum absolute atomic E-state index is 6.39. The number of alkyl halides is 1. The van der Waals surface area contributed by atoms with E-state index < -0.39 is 0 Å². The van der Waals surface area contributed by atoms with Crippen LogP contribution in [-0.2, 0) is 0 Å². The Morgan fingerprint density at radius 2 is 1.62 bits per heavy atom. The van der Waals surface area contributed by atoms with Gasteiger partial charge in [0.15, 0.2) is 0 Å². The van der Waals surface area contributed by atoms with Crippen LogP contribution in [0.15, 0.2) is 48.5 Å². The first kappa shape index (κ1) is 12.2. The fourth-order valence-electron chi connectivity index (χ4n) is 1.48. The Morgan fingerprint density at radius 1 is 0.938 bits per heavy atom. The largest absolute Gasteiger partial charge is 0.113 e. The van der Waals surface area contributed by atoms with Crippen LogP contribution in [0, 0.1) is 3.57 Å². The quantitative estimate of drug-likeness (QED) is 0.504. The summed E-state index contributed by atoms with van der Waals surface area (Å²) in [5.74, 6) is 0. The first-order valence-corrected chi connectivity index (χ1v) is 6.72. The van der Waals surface area contributed by atoms with Gasteiger partial charge in [-0.05, 0) is 45.9 Å². The van der Waals surface area contributed by atoms with Gasteiger partial charge in [0.25, 0.3) is 0 Å². The normalized spacial score (nSPS) is 12.4. The highest BCUT2D eigenvalue weighted by Crippen LogP contribution is 2.31. The number of benzene rings is 2. The maximum atomic E-state index is 6.39. The van der Waals surface area contributed by atoms with Gasteiger partial charge < -0.3 is 0 Å². The summed E-state index contributed by atoms with van der Waals surface area (Å²) in [4.78, 5) is 0. The molecule has 2 aromatic carbocycles. The number of hydrogen-bond acceptors (Lipinski definition) is 0. The zero-order valence-corrected chi connectivity index (χ0v) is 12.0. The third-order valence-electron chi connectivity index (χ3n) is 2.33. The Labute approximate surface area is 119 Å². The Morgan fingerprint density at radius 3 is 2.25 bits per heavy atom. The SMILES string of the molecule is Clc1cc(C(Cl)c2ccccc2)ccc1I. The van der Waals surface area contributed by atoms with Crippen molar-refractivity contribution in [1.82, 2.24) is 0 Å². The highest BCUT2D eigenvalue weighted by molar-refractivity contribution is 14.1. The van der Waals surface area contributed by atoms with E-state index >= 15 is 0 Å². The van der Waals surface area contributed by atoms with E-state index in [1.54, 1.807) is 0 Å². The molecule has 0 amide bonds. The molecule has 0 saturated heterocycles. The van der Waals surface area contributed by atoms with E-state index in [0.29, 0.717) is 0 Å². The molecule has 0 N–H and O–H groups in total. The maximum Gasteiger partial charge on any atom is 0.0835 e. The topological polar surface area (TPSA) is 0 Å². The Kier molecular flexibility index (Phi) is 4.11. The average molecular weight is 363 g/mol. The van der Waals surface area contributed by atoms with Crippen LogP contribution in [0.1, 0.15) is 16.5 Å². The van der Waals surface area contributed by atoms with Gasteiger partial charge in [-0.3, -0.25) is 0 Å². The van der Waals surface area contributed by atoms with Crippen LogP contribution >= 0.6 is 45.8 Å². The average Bonchev–Trinajstić information content (AvgIpc) is 2.33. The highest BCUT2D eigenvalue weighted by Gasteiger charge is 2.11. The molecular formula is C13H9Cl2I. The molecule has 0 spiro atoms. The lowest BCUT2D eigenvalue weighted by Crippen LogP contribution is -1.93. The number of hydrogen-bond donors (Lipinski definition) is 0. The van der Waals surface area contributed by atoms with E-state index in [-0.39, 0.29) is 5.38 Å². The van der Waals surface area contributed by atoms with Gasteiger partial charge >= 0.3 is 0 Å². The van der Waals surface area contributed by atoms with E-state index in [4.69, 9.17) is 23.2 Å². The van der Waals surface area contributed by atoms with Crippen LogP contribution in [-0.4, -0.2) is 0 Å². The summed E-state index contributed by atoms with van der Waals surface area (Å²) >= 11 is 14.7. The standard InChI is InChI=1S/C13H9Cl2I/c14-11-8-10(6-7-12(11)16)13(15)9-4-2-1-3-5-9/h1-8,13H. The third kappa shape index (κ3) is 2.70. The van der Waals surface area contributed by atoms with E-state index in [0.717, 1.165) is 19.7 Å². The lowest BCUT2D eigenvalue weighted by molar-refractivity contribution is 1.14. The predicted molar refractivity (Wildman–Crippen MR) is 78.3 cm³/mol. The summed E-state index contributed by atoms with van der Waals surface area (Å²) in [6.45, 7) is 0. The smallest absolute Gasteiger partial charge is 0.0835 e. The molecule has 0 aromatic heterocycles. The lowest BCUT2D eigenvalue weighted by atomic mass is 10.0. The van der Waals surface area contributed by atoms with Crippen LogP contribution in [0.3, 0.4) is 0 Å². The van der Waals surface area contributed by atoms with Gasteiger partial charge in [-0.2, -0.15) is 0 Å². The fourth-order valence-corrected chi connectivity index (χ4v) is 2.29. The molecule has 0 nitrogen and oxygen atoms in total. The second-order valence-corrected chi connectivity index (χ2v) is 5.45. The minimum atomic E-state index is -0.143. The lowest BCUT2D eigenvalue weighted by Gasteiger charge is -2.11. The summed E-state index contributed by atoms with van der Waals surface area (Å²) < 4.78 is 1.04. The van der Waals surface area contributed by atoms with Gasteiger partial charge in [0, 0.05) is 3.57 Å². The monoisotopic (exact) mass is 362 g/mol. The summed E-state index contributed by atoms with van der Waals surface area (Å²) in [5.41, 5.74) is 2.11. The van der Waals surface area contributed by atoms with Gasteiger partial charge in [0.2, 0.25) is 0 Å². The molecule has 3 heteroatoms. The summed E-state index contributed by atoms with van der Waals surface area (Å²) in [7, 11) is 0. The van der Waals surface area contributed by atoms with Gasteiger partial charge in [0.05, 0.1) is 10.4 Å². The molecule has 16 heavy (non-hydrogen) atoms. The third-order valence-corrected chi connectivity index (χ3v) is 4.40. The molecule has 0 aliphatic rings. The molecular weight excluding hydrogens is 354 g/mol. The zero-order valence-electron chi connectivity index (χ0n) is 8.33. The number of halogens is 3. The van der Waals surface area contributed by atoms with Gasteiger partial charge in [-0.15, -0.1) is 11.6 Å². The van der Waals surface area contributed by atoms with Gasteiger partial charge in [-0.25, -0.2) is 0 Å². The van der Waals surface area contributed by atoms with Crippen molar-refractivity contribution in [2.24, 2.45) is 0 Å². The first-order valence-electron chi connectivity index (χ1n) is 4.82. The van der Waals surface area contributed by atoms with Crippen molar-refractivity contribution in [3.63, 3.8) is 0 Å². The minimum absolute atomic E-state index is 0.143. The fraction of sp³-hybridized carbons (Fsp3) is 0.0769. The van der Waals surface area contributed by atoms with Crippen LogP contribution in [0.2, 0.25) is 5.02 Å². The van der Waals surface area contributed by atoms with E-state index in [1.807, 2.05) is 48.5 Å². The van der Waals surface area contributed by atoms with E-state index in [9.17, 15) is 0 Å². The van der Waals surface area contributed by atoms with Crippen molar-refractivity contribution in [2.75, 3.05) is 0 Å². The van der Waals surface area contributed by atoms with Crippen LogP contribution in [0.25, 0.3) is 0 Å².